The first-order chi connectivity index (χ1) is 12.3. The first-order valence-electron chi connectivity index (χ1n) is 7.54. The van der Waals surface area contributed by atoms with Crippen LogP contribution in [0.5, 0.6) is 5.75 Å². The summed E-state index contributed by atoms with van der Waals surface area (Å²) in [5, 5.41) is 12.8. The Morgan fingerprint density at radius 1 is 1.38 bits per heavy atom. The molecule has 1 amide bonds. The number of rotatable bonds is 6. The number of aromatic nitrogens is 1. The van der Waals surface area contributed by atoms with E-state index < -0.39 is 0 Å². The Kier molecular flexibility index (Phi) is 6.61. The zero-order valence-electron chi connectivity index (χ0n) is 14.4. The van der Waals surface area contributed by atoms with Crippen LogP contribution in [-0.4, -0.2) is 29.5 Å². The summed E-state index contributed by atoms with van der Waals surface area (Å²) in [4.78, 5) is 28.0. The third-order valence-electron chi connectivity index (χ3n) is 3.45. The molecule has 1 aromatic heterocycles. The number of ketones is 1. The second-order valence-electron chi connectivity index (χ2n) is 5.33. The molecule has 0 atom stereocenters. The summed E-state index contributed by atoms with van der Waals surface area (Å²) in [6, 6.07) is 8.45. The van der Waals surface area contributed by atoms with Gasteiger partial charge in [0, 0.05) is 16.9 Å². The quantitative estimate of drug-likeness (QED) is 0.595. The zero-order chi connectivity index (χ0) is 19.3. The average molecular weight is 390 g/mol. The maximum absolute atomic E-state index is 12.1. The molecule has 0 saturated heterocycles. The van der Waals surface area contributed by atoms with Gasteiger partial charge in [0.1, 0.15) is 16.8 Å². The highest BCUT2D eigenvalue weighted by Gasteiger charge is 2.14. The second-order valence-corrected chi connectivity index (χ2v) is 6.70. The lowest BCUT2D eigenvalue weighted by Gasteiger charge is -2.09. The normalized spacial score (nSPS) is 10.1. The molecule has 0 radical (unpaired) electrons. The van der Waals surface area contributed by atoms with Gasteiger partial charge in [0.25, 0.3) is 0 Å². The number of ether oxygens (including phenoxy) is 1. The van der Waals surface area contributed by atoms with Crippen molar-refractivity contribution in [2.45, 2.75) is 18.9 Å². The van der Waals surface area contributed by atoms with Gasteiger partial charge in [0.15, 0.2) is 5.78 Å². The minimum Gasteiger partial charge on any atom is -0.495 e. The number of pyridine rings is 1. The zero-order valence-corrected chi connectivity index (χ0v) is 16.0. The first kappa shape index (κ1) is 19.8. The number of aryl methyl sites for hydroxylation is 1. The predicted octanol–water partition coefficient (Wildman–Crippen LogP) is 3.86. The highest BCUT2D eigenvalue weighted by molar-refractivity contribution is 8.00. The van der Waals surface area contributed by atoms with Gasteiger partial charge in [-0.25, -0.2) is 4.98 Å². The number of Topliss-reactive ketones (excluding diaryl/α,β-unsaturated/α-hetero) is 1. The van der Waals surface area contributed by atoms with E-state index in [0.29, 0.717) is 32.7 Å². The molecule has 0 unspecified atom stereocenters. The Hall–Kier alpha value is -2.56. The number of benzene rings is 1. The minimum absolute atomic E-state index is 0.0597. The number of nitrogens with one attached hydrogen (secondary N) is 1. The molecular formula is C18H16ClN3O3S. The first-order valence-corrected chi connectivity index (χ1v) is 8.91. The molecule has 0 aliphatic rings. The van der Waals surface area contributed by atoms with E-state index in [1.165, 1.54) is 20.1 Å². The molecule has 134 valence electrons. The lowest BCUT2D eigenvalue weighted by molar-refractivity contribution is -0.113. The van der Waals surface area contributed by atoms with Gasteiger partial charge in [0.05, 0.1) is 23.4 Å². The lowest BCUT2D eigenvalue weighted by Crippen LogP contribution is -2.14. The van der Waals surface area contributed by atoms with Gasteiger partial charge in [0.2, 0.25) is 5.91 Å². The minimum atomic E-state index is -0.268. The van der Waals surface area contributed by atoms with Crippen LogP contribution in [0.1, 0.15) is 28.5 Å². The second kappa shape index (κ2) is 8.70. The highest BCUT2D eigenvalue weighted by atomic mass is 35.5. The SMILES string of the molecule is COc1ccc(NC(=O)CSc2nc(C)c(C(C)=O)cc2C#N)cc1Cl. The van der Waals surface area contributed by atoms with Crippen LogP contribution in [0.2, 0.25) is 5.02 Å². The average Bonchev–Trinajstić information content (AvgIpc) is 2.59. The molecule has 0 aliphatic heterocycles. The van der Waals surface area contributed by atoms with Gasteiger partial charge in [-0.05, 0) is 38.1 Å². The largest absolute Gasteiger partial charge is 0.495 e. The van der Waals surface area contributed by atoms with Gasteiger partial charge in [-0.2, -0.15) is 5.26 Å². The Morgan fingerprint density at radius 3 is 2.69 bits per heavy atom. The fourth-order valence-corrected chi connectivity index (χ4v) is 3.26. The van der Waals surface area contributed by atoms with Crippen molar-refractivity contribution in [3.05, 3.63) is 46.1 Å². The summed E-state index contributed by atoms with van der Waals surface area (Å²) in [6.07, 6.45) is 0. The van der Waals surface area contributed by atoms with Crippen molar-refractivity contribution in [1.29, 1.82) is 5.26 Å². The summed E-state index contributed by atoms with van der Waals surface area (Å²) in [7, 11) is 1.51. The number of carbonyl (C=O) groups is 2. The third kappa shape index (κ3) is 4.75. The number of methoxy groups -OCH3 is 1. The molecule has 1 N–H and O–H groups in total. The summed E-state index contributed by atoms with van der Waals surface area (Å²) in [5.41, 5.74) is 1.74. The summed E-state index contributed by atoms with van der Waals surface area (Å²) >= 11 is 7.16. The van der Waals surface area contributed by atoms with Crippen molar-refractivity contribution < 1.29 is 14.3 Å². The van der Waals surface area contributed by atoms with Gasteiger partial charge in [-0.3, -0.25) is 9.59 Å². The van der Waals surface area contributed by atoms with Crippen LogP contribution in [0.15, 0.2) is 29.3 Å². The fraction of sp³-hybridized carbons (Fsp3) is 0.222. The number of nitriles is 1. The van der Waals surface area contributed by atoms with E-state index in [9.17, 15) is 14.9 Å². The fourth-order valence-electron chi connectivity index (χ4n) is 2.20. The number of hydrogen-bond acceptors (Lipinski definition) is 6. The molecule has 2 rings (SSSR count). The van der Waals surface area contributed by atoms with Crippen LogP contribution >= 0.6 is 23.4 Å². The smallest absolute Gasteiger partial charge is 0.234 e. The number of nitrogens with zero attached hydrogens (tertiary/aromatic N) is 2. The van der Waals surface area contributed by atoms with E-state index >= 15 is 0 Å². The molecule has 1 aromatic carbocycles. The predicted molar refractivity (Wildman–Crippen MR) is 101 cm³/mol. The number of thioether (sulfide) groups is 1. The van der Waals surface area contributed by atoms with Crippen molar-refractivity contribution in [3.63, 3.8) is 0 Å². The number of amides is 1. The molecule has 0 fully saturated rings. The van der Waals surface area contributed by atoms with Crippen LogP contribution in [0.3, 0.4) is 0 Å². The Labute approximate surface area is 160 Å². The summed E-state index contributed by atoms with van der Waals surface area (Å²) in [5.74, 6) is 0.153. The molecule has 0 bridgehead atoms. The molecule has 6 nitrogen and oxygen atoms in total. The maximum Gasteiger partial charge on any atom is 0.234 e. The van der Waals surface area contributed by atoms with Gasteiger partial charge in [-0.15, -0.1) is 0 Å². The van der Waals surface area contributed by atoms with Crippen LogP contribution in [-0.2, 0) is 4.79 Å². The lowest BCUT2D eigenvalue weighted by atomic mass is 10.1. The van der Waals surface area contributed by atoms with E-state index in [1.54, 1.807) is 25.1 Å². The van der Waals surface area contributed by atoms with E-state index in [0.717, 1.165) is 11.8 Å². The topological polar surface area (TPSA) is 92.1 Å². The van der Waals surface area contributed by atoms with Gasteiger partial charge >= 0.3 is 0 Å². The summed E-state index contributed by atoms with van der Waals surface area (Å²) in [6.45, 7) is 3.12. The van der Waals surface area contributed by atoms with Crippen LogP contribution in [0, 0.1) is 18.3 Å². The maximum atomic E-state index is 12.1. The highest BCUT2D eigenvalue weighted by Crippen LogP contribution is 2.28. The van der Waals surface area contributed by atoms with Crippen molar-refractivity contribution in [1.82, 2.24) is 4.98 Å². The molecule has 0 aliphatic carbocycles. The molecule has 8 heteroatoms. The number of halogens is 1. The Bertz CT molecular complexity index is 909. The molecule has 1 heterocycles. The van der Waals surface area contributed by atoms with Crippen molar-refractivity contribution >= 4 is 40.7 Å². The van der Waals surface area contributed by atoms with Crippen LogP contribution < -0.4 is 10.1 Å². The van der Waals surface area contributed by atoms with Crippen molar-refractivity contribution in [2.75, 3.05) is 18.2 Å². The number of anilines is 1. The number of hydrogen-bond donors (Lipinski definition) is 1. The molecule has 0 spiro atoms. The Balaban J connectivity index is 2.07. The van der Waals surface area contributed by atoms with E-state index in [4.69, 9.17) is 16.3 Å². The molecule has 2 aromatic rings. The molecular weight excluding hydrogens is 374 g/mol. The molecule has 0 saturated carbocycles. The van der Waals surface area contributed by atoms with Crippen LogP contribution in [0.25, 0.3) is 0 Å². The summed E-state index contributed by atoms with van der Waals surface area (Å²) < 4.78 is 5.06. The molecule has 26 heavy (non-hydrogen) atoms. The van der Waals surface area contributed by atoms with E-state index in [2.05, 4.69) is 10.3 Å². The van der Waals surface area contributed by atoms with E-state index in [1.807, 2.05) is 6.07 Å². The third-order valence-corrected chi connectivity index (χ3v) is 4.74. The standard InChI is InChI=1S/C18H16ClN3O3S/c1-10-14(11(2)23)6-12(8-20)18(21-10)26-9-17(24)22-13-4-5-16(25-3)15(19)7-13/h4-7H,9H2,1-3H3,(H,22,24). The Morgan fingerprint density at radius 2 is 2.12 bits per heavy atom. The van der Waals surface area contributed by atoms with Gasteiger partial charge < -0.3 is 10.1 Å². The van der Waals surface area contributed by atoms with Crippen molar-refractivity contribution in [2.24, 2.45) is 0 Å². The number of carbonyl (C=O) groups excluding carboxylic acids is 2. The van der Waals surface area contributed by atoms with Crippen molar-refractivity contribution in [3.8, 4) is 11.8 Å². The van der Waals surface area contributed by atoms with Gasteiger partial charge in [-0.1, -0.05) is 23.4 Å². The monoisotopic (exact) mass is 389 g/mol. The van der Waals surface area contributed by atoms with Crippen LogP contribution in [0.4, 0.5) is 5.69 Å². The van der Waals surface area contributed by atoms with E-state index in [-0.39, 0.29) is 23.0 Å².